The molecule has 10 radical (unpaired) electrons. The molecular formula is C23H22. The van der Waals surface area contributed by atoms with Gasteiger partial charge in [0, 0.05) is 23.7 Å². The molecule has 114 valence electrons. The van der Waals surface area contributed by atoms with Gasteiger partial charge >= 0.3 is 0 Å². The van der Waals surface area contributed by atoms with Crippen molar-refractivity contribution >= 4 is 0 Å². The van der Waals surface area contributed by atoms with Crippen molar-refractivity contribution < 1.29 is 0 Å². The van der Waals surface area contributed by atoms with E-state index in [4.69, 9.17) is 0 Å². The molecule has 4 aliphatic rings. The lowest BCUT2D eigenvalue weighted by molar-refractivity contribution is 0.438. The van der Waals surface area contributed by atoms with Crippen molar-refractivity contribution in [3.05, 3.63) is 109 Å². The Morgan fingerprint density at radius 2 is 0.913 bits per heavy atom. The normalized spacial score (nSPS) is 29.0. The topological polar surface area (TPSA) is 0 Å². The zero-order chi connectivity index (χ0) is 16.2. The smallest absolute Gasteiger partial charge is 0.0167 e. The summed E-state index contributed by atoms with van der Waals surface area (Å²) in [7, 11) is 0. The Labute approximate surface area is 142 Å². The van der Waals surface area contributed by atoms with E-state index in [1.54, 1.807) is 0 Å². The molecule has 4 aliphatic carbocycles. The molecule has 23 heavy (non-hydrogen) atoms. The minimum absolute atomic E-state index is 0.0122. The second-order valence-corrected chi connectivity index (χ2v) is 7.20. The maximum atomic E-state index is 2.38. The maximum absolute atomic E-state index is 2.38. The van der Waals surface area contributed by atoms with Crippen LogP contribution in [0.4, 0.5) is 0 Å². The predicted molar refractivity (Wildman–Crippen MR) is 96.2 cm³/mol. The second-order valence-electron chi connectivity index (χ2n) is 7.20. The molecule has 0 aromatic rings. The van der Waals surface area contributed by atoms with Crippen molar-refractivity contribution in [2.75, 3.05) is 0 Å². The molecule has 0 N–H and O–H groups in total. The summed E-state index contributed by atoms with van der Waals surface area (Å²) in [6.07, 6.45) is 22.3. The lowest BCUT2D eigenvalue weighted by Gasteiger charge is -2.42. The van der Waals surface area contributed by atoms with E-state index in [1.165, 1.54) is 47.3 Å². The Balaban J connectivity index is 1.63. The van der Waals surface area contributed by atoms with Crippen molar-refractivity contribution in [3.63, 3.8) is 0 Å². The molecule has 0 saturated heterocycles. The number of hydrogen-bond donors (Lipinski definition) is 0. The summed E-state index contributed by atoms with van der Waals surface area (Å²) >= 11 is 0. The maximum Gasteiger partial charge on any atom is 0.0167 e. The molecular weight excluding hydrogens is 276 g/mol. The molecule has 0 spiro atoms. The first-order valence-corrected chi connectivity index (χ1v) is 8.31. The van der Waals surface area contributed by atoms with Gasteiger partial charge in [-0.3, -0.25) is 0 Å². The van der Waals surface area contributed by atoms with Crippen LogP contribution in [0.15, 0.2) is 48.6 Å². The molecule has 0 aliphatic heterocycles. The summed E-state index contributed by atoms with van der Waals surface area (Å²) in [5, 5.41) is 0. The number of hydrogen-bond acceptors (Lipinski definition) is 0. The van der Waals surface area contributed by atoms with E-state index in [9.17, 15) is 0 Å². The van der Waals surface area contributed by atoms with Crippen LogP contribution in [-0.4, -0.2) is 0 Å². The highest BCUT2D eigenvalue weighted by Gasteiger charge is 2.55. The average molecular weight is 298 g/mol. The van der Waals surface area contributed by atoms with Crippen molar-refractivity contribution in [2.45, 2.75) is 27.7 Å². The number of rotatable bonds is 2. The van der Waals surface area contributed by atoms with E-state index in [1.807, 2.05) is 0 Å². The minimum atomic E-state index is -0.0122. The molecule has 0 heterocycles. The monoisotopic (exact) mass is 298 g/mol. The van der Waals surface area contributed by atoms with Crippen LogP contribution in [-0.2, 0) is 0 Å². The molecule has 0 heteroatoms. The molecule has 2 saturated carbocycles. The molecule has 0 unspecified atom stereocenters. The third-order valence-electron chi connectivity index (χ3n) is 5.35. The van der Waals surface area contributed by atoms with Gasteiger partial charge in [0.25, 0.3) is 0 Å². The van der Waals surface area contributed by atoms with Gasteiger partial charge in [-0.1, -0.05) is 76.3 Å². The zero-order valence-electron chi connectivity index (χ0n) is 14.3. The van der Waals surface area contributed by atoms with E-state index < -0.39 is 0 Å². The van der Waals surface area contributed by atoms with Gasteiger partial charge in [0.2, 0.25) is 0 Å². The van der Waals surface area contributed by atoms with E-state index in [0.717, 1.165) is 0 Å². The molecule has 0 bridgehead atoms. The predicted octanol–water partition coefficient (Wildman–Crippen LogP) is 5.34. The molecule has 0 nitrogen and oxygen atoms in total. The Kier molecular flexibility index (Phi) is 3.70. The Morgan fingerprint density at radius 3 is 1.30 bits per heavy atom. The highest BCUT2D eigenvalue weighted by atomic mass is 14.6. The summed E-state index contributed by atoms with van der Waals surface area (Å²) in [6.45, 7) is 9.15. The summed E-state index contributed by atoms with van der Waals surface area (Å²) in [5.74, 6) is 11.1. The van der Waals surface area contributed by atoms with E-state index >= 15 is 0 Å². The largest absolute Gasteiger partial charge is 0.0759 e. The highest BCUT2D eigenvalue weighted by Crippen LogP contribution is 2.64. The van der Waals surface area contributed by atoms with Crippen LogP contribution < -0.4 is 0 Å². The van der Waals surface area contributed by atoms with Gasteiger partial charge in [-0.05, 0) is 41.9 Å². The molecule has 0 atom stereocenters. The van der Waals surface area contributed by atoms with Gasteiger partial charge in [0.1, 0.15) is 0 Å². The molecule has 0 aromatic carbocycles. The summed E-state index contributed by atoms with van der Waals surface area (Å²) in [5.41, 5.74) is -0.0122. The first kappa shape index (κ1) is 15.5. The third-order valence-corrected chi connectivity index (χ3v) is 5.35. The van der Waals surface area contributed by atoms with Crippen molar-refractivity contribution in [2.24, 2.45) is 5.41 Å². The SMILES string of the molecule is C[C]1[CH][C](C(C)(C)[C]2[CH][C](C)[C]3C=CC=C[C]32)[C]2C=CC=C[C]12. The van der Waals surface area contributed by atoms with Gasteiger partial charge in [-0.15, -0.1) is 0 Å². The van der Waals surface area contributed by atoms with E-state index in [-0.39, 0.29) is 5.41 Å². The first-order valence-electron chi connectivity index (χ1n) is 8.31. The molecule has 0 amide bonds. The van der Waals surface area contributed by atoms with Crippen LogP contribution in [0.3, 0.4) is 0 Å². The lowest BCUT2D eigenvalue weighted by Crippen LogP contribution is -2.33. The Hall–Kier alpha value is -1.04. The Bertz CT molecular complexity index is 523. The summed E-state index contributed by atoms with van der Waals surface area (Å²) < 4.78 is 0. The van der Waals surface area contributed by atoms with Crippen LogP contribution in [0.1, 0.15) is 27.7 Å². The fourth-order valence-corrected chi connectivity index (χ4v) is 4.05. The van der Waals surface area contributed by atoms with Crippen LogP contribution in [0, 0.1) is 65.6 Å². The van der Waals surface area contributed by atoms with Gasteiger partial charge in [-0.2, -0.15) is 0 Å². The summed E-state index contributed by atoms with van der Waals surface area (Å²) in [6, 6.07) is 0. The van der Waals surface area contributed by atoms with Gasteiger partial charge in [0.05, 0.1) is 0 Å². The van der Waals surface area contributed by atoms with Crippen molar-refractivity contribution in [1.82, 2.24) is 0 Å². The van der Waals surface area contributed by atoms with Crippen LogP contribution in [0.25, 0.3) is 0 Å². The third kappa shape index (κ3) is 2.32. The number of fused-ring (bicyclic) bond motifs is 2. The minimum Gasteiger partial charge on any atom is -0.0759 e. The lowest BCUT2D eigenvalue weighted by atomic mass is 9.61. The zero-order valence-corrected chi connectivity index (χ0v) is 14.3. The Morgan fingerprint density at radius 1 is 0.565 bits per heavy atom. The van der Waals surface area contributed by atoms with Crippen LogP contribution >= 0.6 is 0 Å². The van der Waals surface area contributed by atoms with Gasteiger partial charge in [-0.25, -0.2) is 0 Å². The first-order chi connectivity index (χ1) is 11.0. The van der Waals surface area contributed by atoms with Crippen LogP contribution in [0.5, 0.6) is 0 Å². The molecule has 2 fully saturated rings. The fraction of sp³-hybridized carbons (Fsp3) is 0.217. The quantitative estimate of drug-likeness (QED) is 0.646. The molecule has 0 aromatic heterocycles. The van der Waals surface area contributed by atoms with Crippen molar-refractivity contribution in [1.29, 1.82) is 0 Å². The fourth-order valence-electron chi connectivity index (χ4n) is 4.05. The van der Waals surface area contributed by atoms with E-state index in [0.29, 0.717) is 0 Å². The number of allylic oxidation sites excluding steroid dienone is 8. The van der Waals surface area contributed by atoms with E-state index in [2.05, 4.69) is 89.1 Å². The van der Waals surface area contributed by atoms with Gasteiger partial charge < -0.3 is 0 Å². The summed E-state index contributed by atoms with van der Waals surface area (Å²) in [4.78, 5) is 0. The van der Waals surface area contributed by atoms with Gasteiger partial charge in [0.15, 0.2) is 0 Å². The molecule has 4 rings (SSSR count). The average Bonchev–Trinajstić information content (AvgIpc) is 3.08. The standard InChI is InChI=1S/C23H22/c1-15-13-21(19-11-7-5-9-17(15)19)23(3,4)22-14-16(2)18-10-6-8-12-20(18)22/h5-14H,1-4H3. The highest BCUT2D eigenvalue weighted by molar-refractivity contribution is 5.73. The van der Waals surface area contributed by atoms with Crippen LogP contribution in [0.2, 0.25) is 0 Å². The second kappa shape index (κ2) is 5.50. The van der Waals surface area contributed by atoms with Crippen molar-refractivity contribution in [3.8, 4) is 0 Å².